The summed E-state index contributed by atoms with van der Waals surface area (Å²) in [5.74, 6) is 0.266. The summed E-state index contributed by atoms with van der Waals surface area (Å²) in [4.78, 5) is 26.4. The van der Waals surface area contributed by atoms with Gasteiger partial charge in [0.2, 0.25) is 0 Å². The normalized spacial score (nSPS) is 10.4. The Bertz CT molecular complexity index is 660. The molecule has 0 atom stereocenters. The lowest BCUT2D eigenvalue weighted by Crippen LogP contribution is -2.12. The minimum atomic E-state index is -0.356. The molecule has 0 aliphatic heterocycles. The number of hydrogen-bond acceptors (Lipinski definition) is 4. The van der Waals surface area contributed by atoms with Gasteiger partial charge in [-0.05, 0) is 25.1 Å². The van der Waals surface area contributed by atoms with Crippen molar-refractivity contribution in [3.05, 3.63) is 40.2 Å². The highest BCUT2D eigenvalue weighted by Gasteiger charge is 2.08. The van der Waals surface area contributed by atoms with Crippen molar-refractivity contribution in [2.45, 2.75) is 13.3 Å². The van der Waals surface area contributed by atoms with Crippen molar-refractivity contribution < 1.29 is 14.3 Å². The fourth-order valence-corrected chi connectivity index (χ4v) is 1.87. The van der Waals surface area contributed by atoms with Crippen LogP contribution in [-0.2, 0) is 16.0 Å². The maximum absolute atomic E-state index is 12.0. The van der Waals surface area contributed by atoms with Gasteiger partial charge in [-0.1, -0.05) is 0 Å². The van der Waals surface area contributed by atoms with Crippen molar-refractivity contribution in [2.24, 2.45) is 0 Å². The molecular weight excluding hydrogens is 246 g/mol. The van der Waals surface area contributed by atoms with E-state index >= 15 is 0 Å². The third kappa shape index (κ3) is 2.93. The number of nitrogens with one attached hydrogen (secondary N) is 1. The van der Waals surface area contributed by atoms with Gasteiger partial charge < -0.3 is 14.5 Å². The van der Waals surface area contributed by atoms with Crippen LogP contribution in [0.4, 0.5) is 0 Å². The second kappa shape index (κ2) is 5.56. The van der Waals surface area contributed by atoms with Crippen molar-refractivity contribution in [2.75, 3.05) is 13.7 Å². The summed E-state index contributed by atoms with van der Waals surface area (Å²) >= 11 is 0. The first kappa shape index (κ1) is 13.1. The number of methoxy groups -OCH3 is 1. The first-order valence-corrected chi connectivity index (χ1v) is 5.99. The van der Waals surface area contributed by atoms with E-state index in [0.29, 0.717) is 29.0 Å². The van der Waals surface area contributed by atoms with E-state index in [1.807, 2.05) is 0 Å². The molecule has 2 aromatic rings. The Labute approximate surface area is 110 Å². The lowest BCUT2D eigenvalue weighted by atomic mass is 10.1. The molecule has 0 aliphatic rings. The van der Waals surface area contributed by atoms with Gasteiger partial charge in [0.1, 0.15) is 5.75 Å². The molecule has 0 spiro atoms. The van der Waals surface area contributed by atoms with Gasteiger partial charge in [-0.15, -0.1) is 0 Å². The Balaban J connectivity index is 2.39. The number of carbonyl (C=O) groups is 1. The summed E-state index contributed by atoms with van der Waals surface area (Å²) in [6.07, 6.45) is 0.0606. The van der Waals surface area contributed by atoms with Crippen LogP contribution in [0, 0.1) is 0 Å². The minimum absolute atomic E-state index is 0.0606. The van der Waals surface area contributed by atoms with E-state index < -0.39 is 0 Å². The largest absolute Gasteiger partial charge is 0.497 e. The Morgan fingerprint density at radius 3 is 2.79 bits per heavy atom. The molecule has 2 rings (SSSR count). The van der Waals surface area contributed by atoms with Gasteiger partial charge in [-0.2, -0.15) is 0 Å². The van der Waals surface area contributed by atoms with Crippen LogP contribution in [0.15, 0.2) is 29.1 Å². The molecule has 0 saturated carbocycles. The second-order valence-electron chi connectivity index (χ2n) is 4.05. The highest BCUT2D eigenvalue weighted by Crippen LogP contribution is 2.16. The lowest BCUT2D eigenvalue weighted by molar-refractivity contribution is -0.142. The molecule has 0 unspecified atom stereocenters. The van der Waals surface area contributed by atoms with E-state index in [1.54, 1.807) is 32.2 Å². The number of carbonyl (C=O) groups excluding carboxylic acids is 1. The van der Waals surface area contributed by atoms with Crippen molar-refractivity contribution in [1.82, 2.24) is 4.98 Å². The van der Waals surface area contributed by atoms with Crippen LogP contribution in [-0.4, -0.2) is 24.7 Å². The maximum Gasteiger partial charge on any atom is 0.311 e. The summed E-state index contributed by atoms with van der Waals surface area (Å²) in [6.45, 7) is 2.07. The monoisotopic (exact) mass is 261 g/mol. The molecule has 100 valence electrons. The number of rotatable bonds is 4. The topological polar surface area (TPSA) is 68.4 Å². The molecule has 5 heteroatoms. The van der Waals surface area contributed by atoms with E-state index in [4.69, 9.17) is 9.47 Å². The predicted octanol–water partition coefficient (Wildman–Crippen LogP) is 1.64. The third-order valence-corrected chi connectivity index (χ3v) is 2.73. The highest BCUT2D eigenvalue weighted by atomic mass is 16.5. The number of hydrogen-bond donors (Lipinski definition) is 1. The first-order chi connectivity index (χ1) is 9.13. The maximum atomic E-state index is 12.0. The molecule has 0 radical (unpaired) electrons. The van der Waals surface area contributed by atoms with Crippen molar-refractivity contribution in [3.63, 3.8) is 0 Å². The number of ether oxygens (including phenoxy) is 2. The van der Waals surface area contributed by atoms with Crippen LogP contribution < -0.4 is 10.2 Å². The number of benzene rings is 1. The van der Waals surface area contributed by atoms with Gasteiger partial charge in [0, 0.05) is 22.7 Å². The molecule has 1 aromatic heterocycles. The number of H-pyrrole nitrogens is 1. The lowest BCUT2D eigenvalue weighted by Gasteiger charge is -2.06. The van der Waals surface area contributed by atoms with E-state index in [0.717, 1.165) is 0 Å². The third-order valence-electron chi connectivity index (χ3n) is 2.73. The Kier molecular flexibility index (Phi) is 3.85. The van der Waals surface area contributed by atoms with Gasteiger partial charge in [-0.3, -0.25) is 9.59 Å². The average Bonchev–Trinajstić information content (AvgIpc) is 2.38. The van der Waals surface area contributed by atoms with Crippen LogP contribution in [0.1, 0.15) is 12.6 Å². The van der Waals surface area contributed by atoms with E-state index in [2.05, 4.69) is 4.98 Å². The summed E-state index contributed by atoms with van der Waals surface area (Å²) in [6, 6.07) is 6.59. The van der Waals surface area contributed by atoms with Crippen LogP contribution in [0.25, 0.3) is 10.9 Å². The summed E-state index contributed by atoms with van der Waals surface area (Å²) in [7, 11) is 1.55. The van der Waals surface area contributed by atoms with E-state index in [-0.39, 0.29) is 17.8 Å². The predicted molar refractivity (Wildman–Crippen MR) is 71.5 cm³/mol. The van der Waals surface area contributed by atoms with E-state index in [9.17, 15) is 9.59 Å². The zero-order valence-corrected chi connectivity index (χ0v) is 10.9. The van der Waals surface area contributed by atoms with Crippen molar-refractivity contribution in [3.8, 4) is 5.75 Å². The number of pyridine rings is 1. The Morgan fingerprint density at radius 2 is 2.11 bits per heavy atom. The molecular formula is C14H15NO4. The van der Waals surface area contributed by atoms with Gasteiger partial charge >= 0.3 is 5.97 Å². The minimum Gasteiger partial charge on any atom is -0.497 e. The SMILES string of the molecule is CCOC(=O)Cc1cc(=O)c2cc(OC)ccc2[nH]1. The smallest absolute Gasteiger partial charge is 0.311 e. The Morgan fingerprint density at radius 1 is 1.32 bits per heavy atom. The zero-order chi connectivity index (χ0) is 13.8. The summed E-state index contributed by atoms with van der Waals surface area (Å²) in [5, 5.41) is 0.534. The summed E-state index contributed by atoms with van der Waals surface area (Å²) < 4.78 is 9.93. The molecule has 5 nitrogen and oxygen atoms in total. The van der Waals surface area contributed by atoms with Crippen LogP contribution in [0.2, 0.25) is 0 Å². The average molecular weight is 261 g/mol. The van der Waals surface area contributed by atoms with Crippen LogP contribution in [0.5, 0.6) is 5.75 Å². The molecule has 19 heavy (non-hydrogen) atoms. The molecule has 0 aliphatic carbocycles. The van der Waals surface area contributed by atoms with Crippen molar-refractivity contribution in [1.29, 1.82) is 0 Å². The molecule has 0 bridgehead atoms. The Hall–Kier alpha value is -2.30. The number of aromatic nitrogens is 1. The fraction of sp³-hybridized carbons (Fsp3) is 0.286. The van der Waals surface area contributed by atoms with Gasteiger partial charge in [0.25, 0.3) is 0 Å². The summed E-state index contributed by atoms with van der Waals surface area (Å²) in [5.41, 5.74) is 1.07. The molecule has 1 heterocycles. The van der Waals surface area contributed by atoms with Crippen LogP contribution in [0.3, 0.4) is 0 Å². The molecule has 0 fully saturated rings. The standard InChI is InChI=1S/C14H15NO4/c1-3-19-14(17)7-9-6-13(16)11-8-10(18-2)4-5-12(11)15-9/h4-6,8H,3,7H2,1-2H3,(H,15,16). The quantitative estimate of drug-likeness (QED) is 0.849. The number of aromatic amines is 1. The molecule has 1 aromatic carbocycles. The highest BCUT2D eigenvalue weighted by molar-refractivity contribution is 5.81. The van der Waals surface area contributed by atoms with Crippen molar-refractivity contribution >= 4 is 16.9 Å². The molecule has 0 saturated heterocycles. The van der Waals surface area contributed by atoms with Gasteiger partial charge in [-0.25, -0.2) is 0 Å². The molecule has 1 N–H and O–H groups in total. The first-order valence-electron chi connectivity index (χ1n) is 5.99. The number of esters is 1. The fourth-order valence-electron chi connectivity index (χ4n) is 1.87. The number of fused-ring (bicyclic) bond motifs is 1. The molecule has 0 amide bonds. The van der Waals surface area contributed by atoms with Gasteiger partial charge in [0.15, 0.2) is 5.43 Å². The van der Waals surface area contributed by atoms with E-state index in [1.165, 1.54) is 6.07 Å². The second-order valence-corrected chi connectivity index (χ2v) is 4.05. The zero-order valence-electron chi connectivity index (χ0n) is 10.9. The van der Waals surface area contributed by atoms with Gasteiger partial charge in [0.05, 0.1) is 20.1 Å². The van der Waals surface area contributed by atoms with Crippen LogP contribution >= 0.6 is 0 Å².